The van der Waals surface area contributed by atoms with Gasteiger partial charge in [-0.05, 0) is 42.8 Å². The van der Waals surface area contributed by atoms with Crippen molar-refractivity contribution in [2.45, 2.75) is 19.8 Å². The monoisotopic (exact) mass is 425 g/mol. The van der Waals surface area contributed by atoms with Crippen LogP contribution in [0, 0.1) is 6.92 Å². The summed E-state index contributed by atoms with van der Waals surface area (Å²) < 4.78 is 5.80. The number of para-hydroxylation sites is 1. The van der Waals surface area contributed by atoms with E-state index in [2.05, 4.69) is 4.98 Å². The van der Waals surface area contributed by atoms with Gasteiger partial charge in [0.15, 0.2) is 16.8 Å². The Balaban J connectivity index is 1.40. The smallest absolute Gasteiger partial charge is 0.229 e. The highest BCUT2D eigenvalue weighted by Crippen LogP contribution is 2.26. The van der Waals surface area contributed by atoms with Crippen molar-refractivity contribution in [3.63, 3.8) is 0 Å². The van der Waals surface area contributed by atoms with Crippen LogP contribution in [0.5, 0.6) is 0 Å². The molecule has 1 aliphatic rings. The van der Waals surface area contributed by atoms with Crippen molar-refractivity contribution in [1.82, 2.24) is 9.88 Å². The van der Waals surface area contributed by atoms with E-state index in [1.54, 1.807) is 22.9 Å². The number of rotatable bonds is 5. The number of carbonyl (C=O) groups is 1. The number of amides is 1. The molecule has 4 rings (SSSR count). The summed E-state index contributed by atoms with van der Waals surface area (Å²) in [6, 6.07) is 15.3. The van der Waals surface area contributed by atoms with Crippen LogP contribution in [0.3, 0.4) is 0 Å². The van der Waals surface area contributed by atoms with Gasteiger partial charge in [0.25, 0.3) is 0 Å². The lowest BCUT2D eigenvalue weighted by molar-refractivity contribution is -0.126. The van der Waals surface area contributed by atoms with Crippen LogP contribution >= 0.6 is 23.4 Å². The van der Waals surface area contributed by atoms with Crippen molar-refractivity contribution in [1.29, 1.82) is 0 Å². The van der Waals surface area contributed by atoms with Crippen LogP contribution in [-0.2, 0) is 11.2 Å². The summed E-state index contributed by atoms with van der Waals surface area (Å²) in [5.74, 6) is 2.11. The minimum absolute atomic E-state index is 0.0357. The zero-order valence-electron chi connectivity index (χ0n) is 16.0. The van der Waals surface area contributed by atoms with Crippen molar-refractivity contribution < 1.29 is 9.21 Å². The van der Waals surface area contributed by atoms with Crippen LogP contribution in [0.15, 0.2) is 64.1 Å². The van der Waals surface area contributed by atoms with Crippen molar-refractivity contribution >= 4 is 40.1 Å². The number of carbonyl (C=O) groups excluding carboxylic acids is 1. The van der Waals surface area contributed by atoms with E-state index in [4.69, 9.17) is 21.0 Å². The molecule has 5 nitrogen and oxygen atoms in total. The average molecular weight is 426 g/mol. The van der Waals surface area contributed by atoms with Crippen LogP contribution in [0.4, 0.5) is 5.69 Å². The predicted octanol–water partition coefficient (Wildman–Crippen LogP) is 5.50. The second-order valence-corrected chi connectivity index (χ2v) is 8.20. The fraction of sp³-hybridized carbons (Fsp3) is 0.227. The first-order valence-corrected chi connectivity index (χ1v) is 10.7. The fourth-order valence-electron chi connectivity index (χ4n) is 3.04. The van der Waals surface area contributed by atoms with E-state index in [1.807, 2.05) is 55.5 Å². The maximum atomic E-state index is 12.8. The molecule has 0 radical (unpaired) electrons. The second-order valence-electron chi connectivity index (χ2n) is 6.70. The van der Waals surface area contributed by atoms with Gasteiger partial charge in [0, 0.05) is 35.7 Å². The molecule has 0 N–H and O–H groups in total. The first-order valence-electron chi connectivity index (χ1n) is 9.38. The fourth-order valence-corrected chi connectivity index (χ4v) is 4.13. The molecule has 1 fully saturated rings. The first kappa shape index (κ1) is 19.7. The molecule has 0 spiro atoms. The van der Waals surface area contributed by atoms with Crippen LogP contribution < -0.4 is 0 Å². The molecule has 1 amide bonds. The summed E-state index contributed by atoms with van der Waals surface area (Å²) in [5, 5.41) is 1.43. The van der Waals surface area contributed by atoms with Gasteiger partial charge in [0.1, 0.15) is 0 Å². The van der Waals surface area contributed by atoms with E-state index in [-0.39, 0.29) is 5.91 Å². The number of halogens is 1. The Morgan fingerprint density at radius 2 is 2.03 bits per heavy atom. The van der Waals surface area contributed by atoms with E-state index in [0.29, 0.717) is 36.1 Å². The van der Waals surface area contributed by atoms with E-state index in [1.165, 1.54) is 0 Å². The summed E-state index contributed by atoms with van der Waals surface area (Å²) in [6.07, 6.45) is 2.46. The van der Waals surface area contributed by atoms with Crippen LogP contribution in [-0.4, -0.2) is 33.3 Å². The lowest BCUT2D eigenvalue weighted by Gasteiger charge is -2.15. The highest BCUT2D eigenvalue weighted by Gasteiger charge is 2.26. The molecule has 1 saturated heterocycles. The highest BCUT2D eigenvalue weighted by molar-refractivity contribution is 8.14. The molecule has 29 heavy (non-hydrogen) atoms. The molecule has 1 aliphatic heterocycles. The Bertz CT molecular complexity index is 1050. The molecule has 0 aliphatic carbocycles. The Morgan fingerprint density at radius 1 is 1.24 bits per heavy atom. The largest absolute Gasteiger partial charge is 0.441 e. The predicted molar refractivity (Wildman–Crippen MR) is 118 cm³/mol. The minimum atomic E-state index is 0.0357. The molecule has 2 aromatic carbocycles. The number of amidine groups is 1. The van der Waals surface area contributed by atoms with Gasteiger partial charge in [0.05, 0.1) is 11.9 Å². The Morgan fingerprint density at radius 3 is 2.83 bits per heavy atom. The number of aliphatic imine (C=N–C) groups is 1. The standard InChI is InChI=1S/C22H20ClN3O2S/c1-15-4-2-3-5-18(15)25-22-26(12-13-29-22)21(27)11-10-20-24-14-19(28-20)16-6-8-17(23)9-7-16/h2-9,14H,10-13H2,1H3. The van der Waals surface area contributed by atoms with Gasteiger partial charge in [-0.3, -0.25) is 9.69 Å². The van der Waals surface area contributed by atoms with Gasteiger partial charge < -0.3 is 4.42 Å². The average Bonchev–Trinajstić information content (AvgIpc) is 3.38. The number of hydrogen-bond donors (Lipinski definition) is 0. The second kappa shape index (κ2) is 8.84. The quantitative estimate of drug-likeness (QED) is 0.541. The maximum Gasteiger partial charge on any atom is 0.229 e. The molecule has 0 saturated carbocycles. The molecule has 3 aromatic rings. The molecule has 7 heteroatoms. The highest BCUT2D eigenvalue weighted by atomic mass is 35.5. The number of hydrogen-bond acceptors (Lipinski definition) is 5. The van der Waals surface area contributed by atoms with Gasteiger partial charge >= 0.3 is 0 Å². The van der Waals surface area contributed by atoms with Gasteiger partial charge in [0.2, 0.25) is 5.91 Å². The number of nitrogens with zero attached hydrogens (tertiary/aromatic N) is 3. The maximum absolute atomic E-state index is 12.8. The molecular formula is C22H20ClN3O2S. The Kier molecular flexibility index (Phi) is 6.02. The first-order chi connectivity index (χ1) is 14.1. The Hall–Kier alpha value is -2.57. The zero-order chi connectivity index (χ0) is 20.2. The lowest BCUT2D eigenvalue weighted by Crippen LogP contribution is -2.31. The summed E-state index contributed by atoms with van der Waals surface area (Å²) in [5.41, 5.74) is 2.90. The number of thioether (sulfide) groups is 1. The number of aryl methyl sites for hydroxylation is 2. The van der Waals surface area contributed by atoms with Crippen LogP contribution in [0.25, 0.3) is 11.3 Å². The van der Waals surface area contributed by atoms with Crippen molar-refractivity contribution in [2.24, 2.45) is 4.99 Å². The molecule has 0 unspecified atom stereocenters. The topological polar surface area (TPSA) is 58.7 Å². The van der Waals surface area contributed by atoms with Gasteiger partial charge in [-0.1, -0.05) is 41.6 Å². The van der Waals surface area contributed by atoms with E-state index >= 15 is 0 Å². The molecule has 1 aromatic heterocycles. The normalized spacial score (nSPS) is 15.2. The molecule has 148 valence electrons. The summed E-state index contributed by atoms with van der Waals surface area (Å²) in [7, 11) is 0. The van der Waals surface area contributed by atoms with Gasteiger partial charge in [-0.15, -0.1) is 0 Å². The zero-order valence-corrected chi connectivity index (χ0v) is 17.5. The van der Waals surface area contributed by atoms with Crippen LogP contribution in [0.1, 0.15) is 17.9 Å². The van der Waals surface area contributed by atoms with Crippen molar-refractivity contribution in [2.75, 3.05) is 12.3 Å². The number of benzene rings is 2. The molecular weight excluding hydrogens is 406 g/mol. The van der Waals surface area contributed by atoms with Gasteiger partial charge in [-0.25, -0.2) is 9.98 Å². The lowest BCUT2D eigenvalue weighted by atomic mass is 10.2. The van der Waals surface area contributed by atoms with Crippen molar-refractivity contribution in [3.8, 4) is 11.3 Å². The van der Waals surface area contributed by atoms with Gasteiger partial charge in [-0.2, -0.15) is 0 Å². The molecule has 0 bridgehead atoms. The third-order valence-electron chi connectivity index (χ3n) is 4.64. The summed E-state index contributed by atoms with van der Waals surface area (Å²) in [4.78, 5) is 23.5. The van der Waals surface area contributed by atoms with E-state index in [0.717, 1.165) is 27.7 Å². The summed E-state index contributed by atoms with van der Waals surface area (Å²) in [6.45, 7) is 2.70. The SMILES string of the molecule is Cc1ccccc1N=C1SCCN1C(=O)CCc1ncc(-c2ccc(Cl)cc2)o1. The molecule has 0 atom stereocenters. The summed E-state index contributed by atoms with van der Waals surface area (Å²) >= 11 is 7.53. The van der Waals surface area contributed by atoms with Crippen molar-refractivity contribution in [3.05, 3.63) is 71.2 Å². The number of aromatic nitrogens is 1. The van der Waals surface area contributed by atoms with Crippen LogP contribution in [0.2, 0.25) is 5.02 Å². The van der Waals surface area contributed by atoms with E-state index in [9.17, 15) is 4.79 Å². The van der Waals surface area contributed by atoms with E-state index < -0.39 is 0 Å². The minimum Gasteiger partial charge on any atom is -0.441 e. The molecule has 2 heterocycles. The number of oxazole rings is 1. The Labute approximate surface area is 178 Å². The third-order valence-corrected chi connectivity index (χ3v) is 5.85. The third kappa shape index (κ3) is 4.71.